The topological polar surface area (TPSA) is 68.5 Å². The second-order valence-electron chi connectivity index (χ2n) is 4.41. The molecule has 1 fully saturated rings. The molecule has 2 atom stereocenters. The Morgan fingerprint density at radius 1 is 1.47 bits per heavy atom. The lowest BCUT2D eigenvalue weighted by Gasteiger charge is -2.08. The number of Topliss-reactive ketones (excluding diaryl/α,β-unsaturated/α-hetero) is 1. The van der Waals surface area contributed by atoms with Crippen LogP contribution in [-0.2, 0) is 11.8 Å². The third kappa shape index (κ3) is 2.24. The molecule has 92 valence electrons. The highest BCUT2D eigenvalue weighted by Gasteiger charge is 2.30. The first-order chi connectivity index (χ1) is 7.99. The number of carbonyl (C=O) groups excluding carboxylic acids is 1. The van der Waals surface area contributed by atoms with Gasteiger partial charge in [-0.3, -0.25) is 4.79 Å². The molecule has 2 rings (SSSR count). The monoisotopic (exact) mass is 237 g/mol. The number of aromatic carboxylic acids is 1. The minimum Gasteiger partial charge on any atom is -0.477 e. The molecule has 0 aliphatic carbocycles. The molecule has 0 aromatic carbocycles. The molecular formula is C12H15NO4. The fraction of sp³-hybridized carbons (Fsp3) is 0.500. The highest BCUT2D eigenvalue weighted by molar-refractivity contribution is 6.01. The van der Waals surface area contributed by atoms with E-state index in [0.717, 1.165) is 6.42 Å². The summed E-state index contributed by atoms with van der Waals surface area (Å²) in [5, 5.41) is 8.90. The Labute approximate surface area is 99.0 Å². The van der Waals surface area contributed by atoms with Crippen LogP contribution in [-0.4, -0.2) is 33.6 Å². The molecule has 5 heteroatoms. The van der Waals surface area contributed by atoms with Gasteiger partial charge in [-0.1, -0.05) is 0 Å². The van der Waals surface area contributed by atoms with Crippen LogP contribution in [0.5, 0.6) is 0 Å². The number of hydrogen-bond donors (Lipinski definition) is 1. The zero-order valence-corrected chi connectivity index (χ0v) is 9.84. The predicted octanol–water partition coefficient (Wildman–Crippen LogP) is 1.47. The van der Waals surface area contributed by atoms with Crippen LogP contribution in [0.2, 0.25) is 0 Å². The van der Waals surface area contributed by atoms with E-state index in [1.807, 2.05) is 6.92 Å². The summed E-state index contributed by atoms with van der Waals surface area (Å²) in [5.74, 6) is -1.16. The van der Waals surface area contributed by atoms with Gasteiger partial charge in [0.1, 0.15) is 11.8 Å². The summed E-state index contributed by atoms with van der Waals surface area (Å²) in [5.41, 5.74) is 0.517. The number of hydrogen-bond acceptors (Lipinski definition) is 3. The largest absolute Gasteiger partial charge is 0.477 e. The third-order valence-corrected chi connectivity index (χ3v) is 3.03. The maximum atomic E-state index is 12.0. The molecule has 0 saturated carbocycles. The van der Waals surface area contributed by atoms with Gasteiger partial charge in [0.2, 0.25) is 0 Å². The highest BCUT2D eigenvalue weighted by atomic mass is 16.5. The number of carboxylic acids is 1. The normalized spacial score (nSPS) is 23.9. The van der Waals surface area contributed by atoms with E-state index in [2.05, 4.69) is 0 Å². The molecule has 17 heavy (non-hydrogen) atoms. The molecule has 0 spiro atoms. The van der Waals surface area contributed by atoms with Crippen molar-refractivity contribution in [2.45, 2.75) is 32.0 Å². The lowest BCUT2D eigenvalue weighted by Crippen LogP contribution is -2.20. The molecule has 2 heterocycles. The molecular weight excluding hydrogens is 222 g/mol. The molecule has 0 amide bonds. The number of carbonyl (C=O) groups is 2. The molecule has 1 N–H and O–H groups in total. The van der Waals surface area contributed by atoms with Crippen molar-refractivity contribution in [1.29, 1.82) is 0 Å². The molecule has 1 aromatic rings. The van der Waals surface area contributed by atoms with Crippen molar-refractivity contribution in [3.8, 4) is 0 Å². The Morgan fingerprint density at radius 2 is 2.18 bits per heavy atom. The molecule has 1 aliphatic heterocycles. The van der Waals surface area contributed by atoms with Crippen molar-refractivity contribution in [2.75, 3.05) is 0 Å². The minimum atomic E-state index is -1.03. The summed E-state index contributed by atoms with van der Waals surface area (Å²) in [6.07, 6.45) is 2.80. The van der Waals surface area contributed by atoms with E-state index in [4.69, 9.17) is 9.84 Å². The predicted molar refractivity (Wildman–Crippen MR) is 60.3 cm³/mol. The van der Waals surface area contributed by atoms with Crippen LogP contribution in [0.15, 0.2) is 12.3 Å². The zero-order chi connectivity index (χ0) is 12.6. The fourth-order valence-electron chi connectivity index (χ4n) is 2.09. The first kappa shape index (κ1) is 11.9. The van der Waals surface area contributed by atoms with Crippen molar-refractivity contribution >= 4 is 11.8 Å². The summed E-state index contributed by atoms with van der Waals surface area (Å²) >= 11 is 0. The number of nitrogens with zero attached hydrogens (tertiary/aromatic N) is 1. The first-order valence-electron chi connectivity index (χ1n) is 5.58. The number of ketones is 1. The Morgan fingerprint density at radius 3 is 2.65 bits per heavy atom. The van der Waals surface area contributed by atoms with Crippen molar-refractivity contribution in [3.05, 3.63) is 23.5 Å². The summed E-state index contributed by atoms with van der Waals surface area (Å²) in [4.78, 5) is 22.9. The van der Waals surface area contributed by atoms with Crippen molar-refractivity contribution in [2.24, 2.45) is 7.05 Å². The molecule has 0 radical (unpaired) electrons. The molecule has 1 saturated heterocycles. The quantitative estimate of drug-likeness (QED) is 0.808. The van der Waals surface area contributed by atoms with Crippen LogP contribution >= 0.6 is 0 Å². The lowest BCUT2D eigenvalue weighted by molar-refractivity contribution is 0.0433. The van der Waals surface area contributed by atoms with Gasteiger partial charge in [0.05, 0.1) is 6.10 Å². The van der Waals surface area contributed by atoms with Gasteiger partial charge in [-0.15, -0.1) is 0 Å². The van der Waals surface area contributed by atoms with E-state index in [1.165, 1.54) is 16.8 Å². The third-order valence-electron chi connectivity index (χ3n) is 3.03. The number of rotatable bonds is 3. The number of ether oxygens (including phenoxy) is 1. The summed E-state index contributed by atoms with van der Waals surface area (Å²) in [6, 6.07) is 1.40. The van der Waals surface area contributed by atoms with Crippen LogP contribution < -0.4 is 0 Å². The van der Waals surface area contributed by atoms with Gasteiger partial charge in [0.15, 0.2) is 5.78 Å². The Hall–Kier alpha value is -1.62. The maximum Gasteiger partial charge on any atom is 0.352 e. The van der Waals surface area contributed by atoms with E-state index in [1.54, 1.807) is 7.05 Å². The van der Waals surface area contributed by atoms with E-state index in [9.17, 15) is 9.59 Å². The van der Waals surface area contributed by atoms with Gasteiger partial charge in [0.25, 0.3) is 0 Å². The van der Waals surface area contributed by atoms with E-state index in [0.29, 0.717) is 12.0 Å². The van der Waals surface area contributed by atoms with Crippen molar-refractivity contribution in [1.82, 2.24) is 4.57 Å². The first-order valence-corrected chi connectivity index (χ1v) is 5.58. The molecule has 0 bridgehead atoms. The van der Waals surface area contributed by atoms with Gasteiger partial charge in [-0.2, -0.15) is 0 Å². The number of carboxylic acid groups (broad SMARTS) is 1. The second-order valence-corrected chi connectivity index (χ2v) is 4.41. The second kappa shape index (κ2) is 4.33. The van der Waals surface area contributed by atoms with Crippen molar-refractivity contribution < 1.29 is 19.4 Å². The molecule has 5 nitrogen and oxygen atoms in total. The van der Waals surface area contributed by atoms with Crippen LogP contribution in [0.25, 0.3) is 0 Å². The summed E-state index contributed by atoms with van der Waals surface area (Å²) in [7, 11) is 1.61. The smallest absolute Gasteiger partial charge is 0.352 e. The van der Waals surface area contributed by atoms with Gasteiger partial charge in [-0.25, -0.2) is 4.79 Å². The summed E-state index contributed by atoms with van der Waals surface area (Å²) < 4.78 is 6.92. The molecule has 1 aromatic heterocycles. The SMILES string of the molecule is CC1CCC(C(=O)c2cc(C(=O)O)n(C)c2)O1. The van der Waals surface area contributed by atoms with Gasteiger partial charge in [0, 0.05) is 18.8 Å². The zero-order valence-electron chi connectivity index (χ0n) is 9.84. The highest BCUT2D eigenvalue weighted by Crippen LogP contribution is 2.23. The van der Waals surface area contributed by atoms with E-state index in [-0.39, 0.29) is 17.6 Å². The van der Waals surface area contributed by atoms with Crippen LogP contribution in [0.1, 0.15) is 40.6 Å². The standard InChI is InChI=1S/C12H15NO4/c1-7-3-4-10(17-7)11(14)8-5-9(12(15)16)13(2)6-8/h5-7,10H,3-4H2,1-2H3,(H,15,16). The molecule has 1 aliphatic rings. The van der Waals surface area contributed by atoms with Gasteiger partial charge < -0.3 is 14.4 Å². The maximum absolute atomic E-state index is 12.0. The van der Waals surface area contributed by atoms with Gasteiger partial charge in [-0.05, 0) is 25.8 Å². The number of aromatic nitrogens is 1. The lowest BCUT2D eigenvalue weighted by atomic mass is 10.1. The van der Waals surface area contributed by atoms with Crippen LogP contribution in [0.4, 0.5) is 0 Å². The average Bonchev–Trinajstić information content (AvgIpc) is 2.83. The summed E-state index contributed by atoms with van der Waals surface area (Å²) in [6.45, 7) is 1.93. The number of aryl methyl sites for hydroxylation is 1. The minimum absolute atomic E-state index is 0.103. The van der Waals surface area contributed by atoms with E-state index >= 15 is 0 Å². The van der Waals surface area contributed by atoms with Crippen LogP contribution in [0.3, 0.4) is 0 Å². The van der Waals surface area contributed by atoms with E-state index < -0.39 is 12.1 Å². The Balaban J connectivity index is 2.20. The Bertz CT molecular complexity index is 463. The Kier molecular flexibility index (Phi) is 3.02. The fourth-order valence-corrected chi connectivity index (χ4v) is 2.09. The molecule has 2 unspecified atom stereocenters. The van der Waals surface area contributed by atoms with Crippen LogP contribution in [0, 0.1) is 0 Å². The van der Waals surface area contributed by atoms with Crippen molar-refractivity contribution in [3.63, 3.8) is 0 Å². The average molecular weight is 237 g/mol. The van der Waals surface area contributed by atoms with Gasteiger partial charge >= 0.3 is 5.97 Å².